The Morgan fingerprint density at radius 2 is 2.09 bits per heavy atom. The van der Waals surface area contributed by atoms with E-state index in [1.54, 1.807) is 37.3 Å². The van der Waals surface area contributed by atoms with Crippen molar-refractivity contribution in [1.82, 2.24) is 5.32 Å². The van der Waals surface area contributed by atoms with Gasteiger partial charge in [-0.05, 0) is 6.92 Å². The summed E-state index contributed by atoms with van der Waals surface area (Å²) in [7, 11) is 0. The molecule has 0 aliphatic heterocycles. The highest BCUT2D eigenvalue weighted by molar-refractivity contribution is 8.03. The Morgan fingerprint density at radius 1 is 1.39 bits per heavy atom. The van der Waals surface area contributed by atoms with E-state index in [0.29, 0.717) is 17.1 Å². The maximum atomic E-state index is 12.1. The van der Waals surface area contributed by atoms with E-state index in [-0.39, 0.29) is 23.7 Å². The van der Waals surface area contributed by atoms with Crippen LogP contribution < -0.4 is 5.32 Å². The molecule has 1 rings (SSSR count). The summed E-state index contributed by atoms with van der Waals surface area (Å²) in [6.07, 6.45) is 1.60. The van der Waals surface area contributed by atoms with Gasteiger partial charge >= 0.3 is 5.97 Å². The van der Waals surface area contributed by atoms with Gasteiger partial charge in [-0.1, -0.05) is 48.2 Å². The van der Waals surface area contributed by atoms with Gasteiger partial charge in [-0.25, -0.2) is 4.79 Å². The number of Topliss-reactive ketones (excluding diaryl/α,β-unsaturated/α-hetero) is 1. The fraction of sp³-hybridized carbons (Fsp3) is 0.235. The fourth-order valence-corrected chi connectivity index (χ4v) is 2.51. The average Bonchev–Trinajstić information content (AvgIpc) is 2.58. The molecule has 0 spiro atoms. The van der Waals surface area contributed by atoms with E-state index in [2.05, 4.69) is 11.9 Å². The number of rotatable bonds is 9. The third-order valence-corrected chi connectivity index (χ3v) is 3.71. The normalized spacial score (nSPS) is 11.0. The highest BCUT2D eigenvalue weighted by Gasteiger charge is 2.18. The first kappa shape index (κ1) is 18.5. The highest BCUT2D eigenvalue weighted by Crippen LogP contribution is 2.19. The summed E-state index contributed by atoms with van der Waals surface area (Å²) in [6.45, 7) is 5.78. The molecule has 0 radical (unpaired) electrons. The Hall–Kier alpha value is -2.52. The lowest BCUT2D eigenvalue weighted by Crippen LogP contribution is -2.19. The van der Waals surface area contributed by atoms with Crippen LogP contribution in [0.2, 0.25) is 0 Å². The SMILES string of the molecule is C=CCN/C(SCC(=O)c1ccccc1)=C(\C#N)C(=O)OCC. The average molecular weight is 330 g/mol. The first-order valence-corrected chi connectivity index (χ1v) is 7.99. The number of thioether (sulfide) groups is 1. The van der Waals surface area contributed by atoms with Crippen LogP contribution in [0.5, 0.6) is 0 Å². The van der Waals surface area contributed by atoms with E-state index < -0.39 is 5.97 Å². The number of carbonyl (C=O) groups is 2. The van der Waals surface area contributed by atoms with Crippen molar-refractivity contribution in [3.05, 3.63) is 59.2 Å². The molecule has 5 nitrogen and oxygen atoms in total. The highest BCUT2D eigenvalue weighted by atomic mass is 32.2. The maximum Gasteiger partial charge on any atom is 0.351 e. The zero-order valence-corrected chi connectivity index (χ0v) is 13.7. The largest absolute Gasteiger partial charge is 0.462 e. The molecule has 0 aliphatic rings. The molecule has 120 valence electrons. The van der Waals surface area contributed by atoms with Crippen molar-refractivity contribution in [1.29, 1.82) is 5.26 Å². The van der Waals surface area contributed by atoms with E-state index in [4.69, 9.17) is 4.74 Å². The summed E-state index contributed by atoms with van der Waals surface area (Å²) in [5, 5.41) is 12.4. The van der Waals surface area contributed by atoms with Crippen molar-refractivity contribution >= 4 is 23.5 Å². The van der Waals surface area contributed by atoms with Crippen molar-refractivity contribution in [2.45, 2.75) is 6.92 Å². The minimum atomic E-state index is -0.707. The van der Waals surface area contributed by atoms with Crippen LogP contribution in [0.4, 0.5) is 0 Å². The van der Waals surface area contributed by atoms with Crippen LogP contribution >= 0.6 is 11.8 Å². The monoisotopic (exact) mass is 330 g/mol. The Morgan fingerprint density at radius 3 is 2.65 bits per heavy atom. The summed E-state index contributed by atoms with van der Waals surface area (Å²) in [5.74, 6) is -0.690. The summed E-state index contributed by atoms with van der Waals surface area (Å²) >= 11 is 1.10. The molecule has 0 amide bonds. The van der Waals surface area contributed by atoms with Crippen LogP contribution in [0.1, 0.15) is 17.3 Å². The van der Waals surface area contributed by atoms with E-state index in [0.717, 1.165) is 11.8 Å². The first-order valence-electron chi connectivity index (χ1n) is 7.01. The lowest BCUT2D eigenvalue weighted by Gasteiger charge is -2.11. The summed E-state index contributed by atoms with van der Waals surface area (Å²) in [6, 6.07) is 10.7. The molecular weight excluding hydrogens is 312 g/mol. The Kier molecular flexibility index (Phi) is 8.25. The summed E-state index contributed by atoms with van der Waals surface area (Å²) < 4.78 is 4.86. The number of nitrogens with zero attached hydrogens (tertiary/aromatic N) is 1. The molecule has 0 saturated carbocycles. The smallest absolute Gasteiger partial charge is 0.351 e. The molecule has 6 heteroatoms. The van der Waals surface area contributed by atoms with E-state index in [9.17, 15) is 14.9 Å². The molecule has 0 unspecified atom stereocenters. The second-order valence-electron chi connectivity index (χ2n) is 4.28. The topological polar surface area (TPSA) is 79.2 Å². The second-order valence-corrected chi connectivity index (χ2v) is 5.27. The minimum absolute atomic E-state index is 0.0883. The van der Waals surface area contributed by atoms with Gasteiger partial charge in [-0.3, -0.25) is 4.79 Å². The summed E-state index contributed by atoms with van der Waals surface area (Å²) in [5.41, 5.74) is 0.442. The van der Waals surface area contributed by atoms with E-state index >= 15 is 0 Å². The Bertz CT molecular complexity index is 633. The lowest BCUT2D eigenvalue weighted by atomic mass is 10.2. The number of nitriles is 1. The molecule has 0 heterocycles. The van der Waals surface area contributed by atoms with Crippen LogP contribution in [0.3, 0.4) is 0 Å². The third kappa shape index (κ3) is 6.01. The molecule has 0 aliphatic carbocycles. The van der Waals surface area contributed by atoms with Crippen molar-refractivity contribution < 1.29 is 14.3 Å². The first-order chi connectivity index (χ1) is 11.1. The van der Waals surface area contributed by atoms with Gasteiger partial charge in [0.1, 0.15) is 6.07 Å². The van der Waals surface area contributed by atoms with Crippen LogP contribution in [0.25, 0.3) is 0 Å². The fourth-order valence-electron chi connectivity index (χ4n) is 1.61. The van der Waals surface area contributed by atoms with Crippen molar-refractivity contribution in [2.24, 2.45) is 0 Å². The lowest BCUT2D eigenvalue weighted by molar-refractivity contribution is -0.138. The predicted octanol–water partition coefficient (Wildman–Crippen LogP) is 2.68. The number of ketones is 1. The number of hydrogen-bond donors (Lipinski definition) is 1. The third-order valence-electron chi connectivity index (χ3n) is 2.67. The van der Waals surface area contributed by atoms with E-state index in [1.165, 1.54) is 0 Å². The number of carbonyl (C=O) groups excluding carboxylic acids is 2. The number of hydrogen-bond acceptors (Lipinski definition) is 6. The van der Waals surface area contributed by atoms with Gasteiger partial charge in [-0.2, -0.15) is 5.26 Å². The molecule has 0 saturated heterocycles. The second kappa shape index (κ2) is 10.2. The van der Waals surface area contributed by atoms with Crippen LogP contribution in [-0.4, -0.2) is 30.7 Å². The quantitative estimate of drug-likeness (QED) is 0.246. The zero-order chi connectivity index (χ0) is 17.1. The van der Waals surface area contributed by atoms with Crippen molar-refractivity contribution in [3.8, 4) is 6.07 Å². The molecule has 0 bridgehead atoms. The number of esters is 1. The van der Waals surface area contributed by atoms with Crippen molar-refractivity contribution in [3.63, 3.8) is 0 Å². The van der Waals surface area contributed by atoms with Crippen molar-refractivity contribution in [2.75, 3.05) is 18.9 Å². The van der Waals surface area contributed by atoms with Gasteiger partial charge in [0.15, 0.2) is 11.4 Å². The molecule has 0 atom stereocenters. The summed E-state index contributed by atoms with van der Waals surface area (Å²) in [4.78, 5) is 24.0. The van der Waals surface area contributed by atoms with Gasteiger partial charge < -0.3 is 10.1 Å². The molecule has 0 fully saturated rings. The van der Waals surface area contributed by atoms with Crippen LogP contribution in [0.15, 0.2) is 53.6 Å². The number of nitrogens with one attached hydrogen (secondary N) is 1. The number of ether oxygens (including phenoxy) is 1. The molecule has 1 N–H and O–H groups in total. The number of benzene rings is 1. The van der Waals surface area contributed by atoms with Gasteiger partial charge in [-0.15, -0.1) is 6.58 Å². The zero-order valence-electron chi connectivity index (χ0n) is 12.9. The molecule has 1 aromatic rings. The molecule has 23 heavy (non-hydrogen) atoms. The maximum absolute atomic E-state index is 12.1. The molecule has 1 aromatic carbocycles. The van der Waals surface area contributed by atoms with Crippen LogP contribution in [0, 0.1) is 11.3 Å². The van der Waals surface area contributed by atoms with E-state index in [1.807, 2.05) is 12.1 Å². The van der Waals surface area contributed by atoms with Gasteiger partial charge in [0, 0.05) is 12.1 Å². The Labute approximate surface area is 140 Å². The van der Waals surface area contributed by atoms with Gasteiger partial charge in [0.05, 0.1) is 17.4 Å². The minimum Gasteiger partial charge on any atom is -0.462 e. The predicted molar refractivity (Wildman–Crippen MR) is 90.7 cm³/mol. The van der Waals surface area contributed by atoms with Gasteiger partial charge in [0.25, 0.3) is 0 Å². The molecular formula is C17H18N2O3S. The van der Waals surface area contributed by atoms with Gasteiger partial charge in [0.2, 0.25) is 0 Å². The molecule has 0 aromatic heterocycles. The standard InChI is InChI=1S/C17H18N2O3S/c1-3-10-19-16(14(11-18)17(21)22-4-2)23-12-15(20)13-8-6-5-7-9-13/h3,5-9,19H,1,4,10,12H2,2H3/b16-14-. The Balaban J connectivity index is 2.89. The van der Waals surface area contributed by atoms with Crippen LogP contribution in [-0.2, 0) is 9.53 Å².